The van der Waals surface area contributed by atoms with E-state index >= 15 is 0 Å². The Morgan fingerprint density at radius 2 is 2.03 bits per heavy atom. The number of anilines is 1. The second-order valence-electron chi connectivity index (χ2n) is 10.8. The second kappa shape index (κ2) is 12.7. The molecule has 3 unspecified atom stereocenters. The molecule has 3 heterocycles. The summed E-state index contributed by atoms with van der Waals surface area (Å²) < 4.78 is 10.5. The summed E-state index contributed by atoms with van der Waals surface area (Å²) in [5, 5.41) is 6.71. The van der Waals surface area contributed by atoms with E-state index in [4.69, 9.17) is 14.5 Å². The molecule has 3 rings (SSSR count). The Hall–Kier alpha value is -2.10. The van der Waals surface area contributed by atoms with E-state index in [0.29, 0.717) is 56.4 Å². The van der Waals surface area contributed by atoms with E-state index in [1.165, 1.54) is 0 Å². The normalized spacial score (nSPS) is 22.9. The largest absolute Gasteiger partial charge is 0.385 e. The van der Waals surface area contributed by atoms with Gasteiger partial charge in [-0.1, -0.05) is 20.8 Å². The molecule has 2 aliphatic heterocycles. The van der Waals surface area contributed by atoms with Crippen LogP contribution in [0.15, 0.2) is 6.20 Å². The molecule has 9 nitrogen and oxygen atoms in total. The maximum absolute atomic E-state index is 13.4. The highest BCUT2D eigenvalue weighted by molar-refractivity contribution is 6.00. The van der Waals surface area contributed by atoms with Crippen molar-refractivity contribution in [3.05, 3.63) is 17.6 Å². The number of carbonyl (C=O) groups excluding carboxylic acids is 2. The molecule has 0 saturated carbocycles. The van der Waals surface area contributed by atoms with Crippen LogP contribution in [0.25, 0.3) is 0 Å². The first-order chi connectivity index (χ1) is 16.7. The summed E-state index contributed by atoms with van der Waals surface area (Å²) in [7, 11) is 3.36. The average molecular weight is 490 g/mol. The number of piperidine rings is 1. The van der Waals surface area contributed by atoms with E-state index in [1.807, 2.05) is 4.90 Å². The number of nitrogens with one attached hydrogen (secondary N) is 2. The Morgan fingerprint density at radius 1 is 1.23 bits per heavy atom. The molecule has 0 spiro atoms. The van der Waals surface area contributed by atoms with Crippen molar-refractivity contribution in [3.8, 4) is 0 Å². The van der Waals surface area contributed by atoms with Crippen LogP contribution in [0, 0.1) is 11.8 Å². The molecule has 3 atom stereocenters. The van der Waals surface area contributed by atoms with Crippen molar-refractivity contribution >= 4 is 17.5 Å². The van der Waals surface area contributed by atoms with E-state index in [-0.39, 0.29) is 35.0 Å². The Labute approximate surface area is 209 Å². The highest BCUT2D eigenvalue weighted by Gasteiger charge is 2.36. The Bertz CT molecular complexity index is 857. The summed E-state index contributed by atoms with van der Waals surface area (Å²) in [6, 6.07) is 0.166. The number of hydrogen-bond donors (Lipinski definition) is 2. The number of amides is 1. The van der Waals surface area contributed by atoms with Gasteiger partial charge in [-0.05, 0) is 38.1 Å². The minimum atomic E-state index is -0.221. The maximum Gasteiger partial charge on any atom is 0.227 e. The molecule has 2 aliphatic rings. The number of hydrogen-bond acceptors (Lipinski definition) is 8. The third-order valence-electron chi connectivity index (χ3n) is 6.86. The van der Waals surface area contributed by atoms with Gasteiger partial charge in [0.05, 0.1) is 24.1 Å². The highest BCUT2D eigenvalue weighted by Crippen LogP contribution is 2.28. The van der Waals surface area contributed by atoms with Crippen molar-refractivity contribution in [2.75, 3.05) is 58.9 Å². The number of nitrogens with zero attached hydrogens (tertiary/aromatic N) is 3. The third-order valence-corrected chi connectivity index (χ3v) is 6.86. The van der Waals surface area contributed by atoms with Crippen LogP contribution in [0.3, 0.4) is 0 Å². The SMILES string of the molecule is COCCCNc1nc(C(C)(C)C)ncc1C(=O)CC1CNCC(C(=O)N2CCCC2COC)C1. The molecule has 196 valence electrons. The summed E-state index contributed by atoms with van der Waals surface area (Å²) in [5.74, 6) is 1.47. The molecule has 35 heavy (non-hydrogen) atoms. The summed E-state index contributed by atoms with van der Waals surface area (Å²) in [5.41, 5.74) is 0.297. The molecule has 2 N–H and O–H groups in total. The first-order valence-electron chi connectivity index (χ1n) is 12.9. The van der Waals surface area contributed by atoms with Crippen LogP contribution in [-0.4, -0.2) is 86.2 Å². The van der Waals surface area contributed by atoms with Gasteiger partial charge in [0.25, 0.3) is 0 Å². The fraction of sp³-hybridized carbons (Fsp3) is 0.769. The summed E-state index contributed by atoms with van der Waals surface area (Å²) in [4.78, 5) is 37.8. The number of ether oxygens (including phenoxy) is 2. The van der Waals surface area contributed by atoms with Crippen LogP contribution in [0.4, 0.5) is 5.82 Å². The minimum absolute atomic E-state index is 0.0121. The number of rotatable bonds is 11. The van der Waals surface area contributed by atoms with Crippen molar-refractivity contribution in [1.29, 1.82) is 0 Å². The van der Waals surface area contributed by atoms with Gasteiger partial charge in [0.1, 0.15) is 11.6 Å². The predicted molar refractivity (Wildman–Crippen MR) is 136 cm³/mol. The standard InChI is InChI=1S/C26H43N5O4/c1-26(2,3)25-29-16-21(23(30-25)28-9-7-11-34-4)22(32)13-18-12-19(15-27-14-18)24(33)31-10-6-8-20(31)17-35-5/h16,18-20,27H,6-15,17H2,1-5H3,(H,28,29,30). The Kier molecular flexibility index (Phi) is 10.0. The monoisotopic (exact) mass is 489 g/mol. The summed E-state index contributed by atoms with van der Waals surface area (Å²) in [6.07, 6.45) is 5.57. The molecule has 0 bridgehead atoms. The Balaban J connectivity index is 1.67. The van der Waals surface area contributed by atoms with Crippen LogP contribution >= 0.6 is 0 Å². The van der Waals surface area contributed by atoms with Crippen LogP contribution < -0.4 is 10.6 Å². The van der Waals surface area contributed by atoms with Crippen molar-refractivity contribution in [2.24, 2.45) is 11.8 Å². The molecular formula is C26H43N5O4. The summed E-state index contributed by atoms with van der Waals surface area (Å²) in [6.45, 7) is 10.2. The van der Waals surface area contributed by atoms with E-state index in [0.717, 1.165) is 32.4 Å². The number of aromatic nitrogens is 2. The molecule has 2 saturated heterocycles. The lowest BCUT2D eigenvalue weighted by Gasteiger charge is -2.33. The highest BCUT2D eigenvalue weighted by atomic mass is 16.5. The zero-order valence-electron chi connectivity index (χ0n) is 22.1. The van der Waals surface area contributed by atoms with Crippen molar-refractivity contribution in [3.63, 3.8) is 0 Å². The number of likely N-dealkylation sites (tertiary alicyclic amines) is 1. The van der Waals surface area contributed by atoms with E-state index in [1.54, 1.807) is 20.4 Å². The fourth-order valence-corrected chi connectivity index (χ4v) is 4.98. The maximum atomic E-state index is 13.4. The zero-order chi connectivity index (χ0) is 25.4. The molecule has 0 radical (unpaired) electrons. The lowest BCUT2D eigenvalue weighted by molar-refractivity contribution is -0.138. The van der Waals surface area contributed by atoms with Gasteiger partial charge >= 0.3 is 0 Å². The van der Waals surface area contributed by atoms with Crippen LogP contribution in [0.5, 0.6) is 0 Å². The van der Waals surface area contributed by atoms with Gasteiger partial charge in [0.2, 0.25) is 5.91 Å². The Morgan fingerprint density at radius 3 is 2.74 bits per heavy atom. The van der Waals surface area contributed by atoms with Crippen molar-refractivity contribution in [1.82, 2.24) is 20.2 Å². The molecule has 2 fully saturated rings. The smallest absolute Gasteiger partial charge is 0.227 e. The van der Waals surface area contributed by atoms with Gasteiger partial charge in [-0.2, -0.15) is 0 Å². The summed E-state index contributed by atoms with van der Waals surface area (Å²) >= 11 is 0. The molecule has 1 aromatic heterocycles. The van der Waals surface area contributed by atoms with Crippen LogP contribution in [0.2, 0.25) is 0 Å². The minimum Gasteiger partial charge on any atom is -0.385 e. The molecule has 0 aromatic carbocycles. The van der Waals surface area contributed by atoms with Gasteiger partial charge < -0.3 is 25.0 Å². The van der Waals surface area contributed by atoms with Gasteiger partial charge in [-0.15, -0.1) is 0 Å². The van der Waals surface area contributed by atoms with E-state index in [9.17, 15) is 9.59 Å². The average Bonchev–Trinajstić information content (AvgIpc) is 3.29. The lowest BCUT2D eigenvalue weighted by Crippen LogP contribution is -2.48. The molecule has 1 aromatic rings. The molecular weight excluding hydrogens is 446 g/mol. The third kappa shape index (κ3) is 7.44. The number of methoxy groups -OCH3 is 2. The van der Waals surface area contributed by atoms with Crippen molar-refractivity contribution < 1.29 is 19.1 Å². The van der Waals surface area contributed by atoms with Gasteiger partial charge in [0.15, 0.2) is 5.78 Å². The topological polar surface area (TPSA) is 106 Å². The van der Waals surface area contributed by atoms with Gasteiger partial charge in [-0.3, -0.25) is 9.59 Å². The second-order valence-corrected chi connectivity index (χ2v) is 10.8. The lowest BCUT2D eigenvalue weighted by atomic mass is 9.85. The van der Waals surface area contributed by atoms with Gasteiger partial charge in [0, 0.05) is 58.5 Å². The number of ketones is 1. The first-order valence-corrected chi connectivity index (χ1v) is 12.9. The predicted octanol–water partition coefficient (Wildman–Crippen LogP) is 2.66. The molecule has 9 heteroatoms. The number of Topliss-reactive ketones (excluding diaryl/α,β-unsaturated/α-hetero) is 1. The fourth-order valence-electron chi connectivity index (χ4n) is 4.98. The van der Waals surface area contributed by atoms with Crippen LogP contribution in [-0.2, 0) is 19.7 Å². The van der Waals surface area contributed by atoms with Crippen molar-refractivity contribution in [2.45, 2.75) is 64.3 Å². The number of carbonyl (C=O) groups is 2. The first kappa shape index (κ1) is 27.5. The quantitative estimate of drug-likeness (QED) is 0.361. The van der Waals surface area contributed by atoms with Crippen LogP contribution in [0.1, 0.15) is 69.1 Å². The molecule has 1 amide bonds. The molecule has 0 aliphatic carbocycles. The van der Waals surface area contributed by atoms with E-state index < -0.39 is 0 Å². The zero-order valence-corrected chi connectivity index (χ0v) is 22.1. The van der Waals surface area contributed by atoms with E-state index in [2.05, 4.69) is 36.4 Å². The van der Waals surface area contributed by atoms with Gasteiger partial charge in [-0.25, -0.2) is 9.97 Å².